The van der Waals surface area contributed by atoms with Gasteiger partial charge in [-0.3, -0.25) is 9.67 Å². The Kier molecular flexibility index (Phi) is 9.14. The lowest BCUT2D eigenvalue weighted by molar-refractivity contribution is 0.443. The van der Waals surface area contributed by atoms with E-state index in [2.05, 4.69) is 39.4 Å². The molecule has 2 rings (SSSR count). The summed E-state index contributed by atoms with van der Waals surface area (Å²) in [6.07, 6.45) is 6.50. The highest BCUT2D eigenvalue weighted by atomic mass is 127. The van der Waals surface area contributed by atoms with Gasteiger partial charge in [0.25, 0.3) is 0 Å². The molecule has 21 heavy (non-hydrogen) atoms. The Hall–Kier alpha value is -0.440. The highest BCUT2D eigenvalue weighted by Crippen LogP contribution is 2.25. The molecular formula is C14H26IN5S. The molecule has 7 heteroatoms. The van der Waals surface area contributed by atoms with Crippen molar-refractivity contribution in [1.29, 1.82) is 0 Å². The first-order valence-corrected chi connectivity index (χ1v) is 8.36. The molecule has 120 valence electrons. The number of hydrogen-bond donors (Lipinski definition) is 2. The lowest BCUT2D eigenvalue weighted by Gasteiger charge is -2.17. The lowest BCUT2D eigenvalue weighted by Crippen LogP contribution is -2.42. The number of guanidine groups is 1. The van der Waals surface area contributed by atoms with Crippen LogP contribution in [-0.4, -0.2) is 46.9 Å². The van der Waals surface area contributed by atoms with Gasteiger partial charge in [-0.05, 0) is 30.6 Å². The maximum absolute atomic E-state index is 4.28. The Labute approximate surface area is 148 Å². The van der Waals surface area contributed by atoms with Gasteiger partial charge in [-0.1, -0.05) is 6.92 Å². The summed E-state index contributed by atoms with van der Waals surface area (Å²) in [6.45, 7) is 5.06. The smallest absolute Gasteiger partial charge is 0.191 e. The van der Waals surface area contributed by atoms with Gasteiger partial charge < -0.3 is 10.6 Å². The lowest BCUT2D eigenvalue weighted by atomic mass is 10.2. The van der Waals surface area contributed by atoms with Crippen molar-refractivity contribution < 1.29 is 0 Å². The number of aromatic nitrogens is 2. The molecule has 1 aliphatic rings. The Morgan fingerprint density at radius 1 is 1.52 bits per heavy atom. The third-order valence-electron chi connectivity index (χ3n) is 3.42. The SMILES string of the molecule is CN=C(NCC(C)Cn1cccn1)NCC1CCCS1.I. The van der Waals surface area contributed by atoms with Crippen molar-refractivity contribution in [2.75, 3.05) is 25.9 Å². The fourth-order valence-electron chi connectivity index (χ4n) is 2.30. The maximum Gasteiger partial charge on any atom is 0.191 e. The number of nitrogens with one attached hydrogen (secondary N) is 2. The van der Waals surface area contributed by atoms with Gasteiger partial charge in [0.2, 0.25) is 0 Å². The van der Waals surface area contributed by atoms with E-state index < -0.39 is 0 Å². The van der Waals surface area contributed by atoms with Gasteiger partial charge in [0, 0.05) is 44.3 Å². The number of thioether (sulfide) groups is 1. The van der Waals surface area contributed by atoms with Crippen LogP contribution in [0.3, 0.4) is 0 Å². The van der Waals surface area contributed by atoms with Crippen molar-refractivity contribution in [3.8, 4) is 0 Å². The van der Waals surface area contributed by atoms with Gasteiger partial charge in [-0.15, -0.1) is 24.0 Å². The molecule has 2 heterocycles. The summed E-state index contributed by atoms with van der Waals surface area (Å²) in [6, 6.07) is 1.96. The van der Waals surface area contributed by atoms with Crippen LogP contribution >= 0.6 is 35.7 Å². The Morgan fingerprint density at radius 3 is 3.00 bits per heavy atom. The van der Waals surface area contributed by atoms with E-state index in [1.54, 1.807) is 0 Å². The third kappa shape index (κ3) is 6.90. The zero-order chi connectivity index (χ0) is 14.2. The van der Waals surface area contributed by atoms with Crippen LogP contribution < -0.4 is 10.6 Å². The monoisotopic (exact) mass is 423 g/mol. The molecule has 2 N–H and O–H groups in total. The van der Waals surface area contributed by atoms with Crippen LogP contribution in [0.25, 0.3) is 0 Å². The van der Waals surface area contributed by atoms with E-state index in [0.717, 1.165) is 30.8 Å². The van der Waals surface area contributed by atoms with Crippen LogP contribution in [0, 0.1) is 5.92 Å². The van der Waals surface area contributed by atoms with Crippen molar-refractivity contribution in [3.63, 3.8) is 0 Å². The van der Waals surface area contributed by atoms with E-state index in [1.165, 1.54) is 18.6 Å². The topological polar surface area (TPSA) is 54.2 Å². The summed E-state index contributed by atoms with van der Waals surface area (Å²) in [4.78, 5) is 4.28. The Morgan fingerprint density at radius 2 is 2.38 bits per heavy atom. The van der Waals surface area contributed by atoms with Gasteiger partial charge in [-0.25, -0.2) is 0 Å². The molecule has 1 aromatic rings. The quantitative estimate of drug-likeness (QED) is 0.419. The number of halogens is 1. The molecular weight excluding hydrogens is 397 g/mol. The van der Waals surface area contributed by atoms with E-state index in [0.29, 0.717) is 5.92 Å². The van der Waals surface area contributed by atoms with Gasteiger partial charge in [0.15, 0.2) is 5.96 Å². The number of rotatable bonds is 6. The second-order valence-electron chi connectivity index (χ2n) is 5.30. The molecule has 0 radical (unpaired) electrons. The van der Waals surface area contributed by atoms with Crippen molar-refractivity contribution in [3.05, 3.63) is 18.5 Å². The van der Waals surface area contributed by atoms with Crippen molar-refractivity contribution in [1.82, 2.24) is 20.4 Å². The van der Waals surface area contributed by atoms with Crippen LogP contribution in [0.5, 0.6) is 0 Å². The number of hydrogen-bond acceptors (Lipinski definition) is 3. The summed E-state index contributed by atoms with van der Waals surface area (Å²) in [7, 11) is 1.83. The highest BCUT2D eigenvalue weighted by Gasteiger charge is 2.15. The average molecular weight is 423 g/mol. The third-order valence-corrected chi connectivity index (χ3v) is 4.82. The van der Waals surface area contributed by atoms with Crippen molar-refractivity contribution in [2.24, 2.45) is 10.9 Å². The fourth-order valence-corrected chi connectivity index (χ4v) is 3.50. The van der Waals surface area contributed by atoms with Crippen LogP contribution in [0.1, 0.15) is 19.8 Å². The molecule has 1 aliphatic heterocycles. The molecule has 0 spiro atoms. The predicted octanol–water partition coefficient (Wildman–Crippen LogP) is 2.20. The molecule has 1 aromatic heterocycles. The zero-order valence-corrected chi connectivity index (χ0v) is 15.9. The van der Waals surface area contributed by atoms with Crippen molar-refractivity contribution >= 4 is 41.7 Å². The molecule has 0 aliphatic carbocycles. The average Bonchev–Trinajstić information content (AvgIpc) is 3.12. The number of nitrogens with zero attached hydrogens (tertiary/aromatic N) is 3. The number of aliphatic imine (C=N–C) groups is 1. The summed E-state index contributed by atoms with van der Waals surface area (Å²) in [5.74, 6) is 2.72. The molecule has 2 atom stereocenters. The largest absolute Gasteiger partial charge is 0.356 e. The Bertz CT molecular complexity index is 404. The minimum Gasteiger partial charge on any atom is -0.356 e. The Balaban J connectivity index is 0.00000220. The molecule has 0 saturated carbocycles. The van der Waals surface area contributed by atoms with Crippen LogP contribution in [0.4, 0.5) is 0 Å². The molecule has 2 unspecified atom stereocenters. The molecule has 1 saturated heterocycles. The van der Waals surface area contributed by atoms with E-state index >= 15 is 0 Å². The normalized spacial score (nSPS) is 19.9. The first kappa shape index (κ1) is 18.6. The first-order chi connectivity index (χ1) is 9.78. The highest BCUT2D eigenvalue weighted by molar-refractivity contribution is 14.0. The van der Waals surface area contributed by atoms with E-state index in [-0.39, 0.29) is 24.0 Å². The van der Waals surface area contributed by atoms with Crippen LogP contribution in [-0.2, 0) is 6.54 Å². The predicted molar refractivity (Wildman–Crippen MR) is 102 cm³/mol. The summed E-state index contributed by atoms with van der Waals surface area (Å²) in [5, 5.41) is 11.8. The molecule has 1 fully saturated rings. The van der Waals surface area contributed by atoms with Crippen LogP contribution in [0.2, 0.25) is 0 Å². The minimum absolute atomic E-state index is 0. The zero-order valence-electron chi connectivity index (χ0n) is 12.8. The van der Waals surface area contributed by atoms with Gasteiger partial charge in [0.1, 0.15) is 0 Å². The summed E-state index contributed by atoms with van der Waals surface area (Å²) >= 11 is 2.07. The molecule has 0 aromatic carbocycles. The maximum atomic E-state index is 4.28. The standard InChI is InChI=1S/C14H25N5S.HI/c1-12(11-19-7-4-6-18-19)9-16-14(15-2)17-10-13-5-3-8-20-13;/h4,6-7,12-13H,3,5,8-11H2,1-2H3,(H2,15,16,17);1H. The minimum atomic E-state index is 0. The second kappa shape index (κ2) is 10.3. The van der Waals surface area contributed by atoms with Gasteiger partial charge in [-0.2, -0.15) is 16.9 Å². The summed E-state index contributed by atoms with van der Waals surface area (Å²) < 4.78 is 1.97. The summed E-state index contributed by atoms with van der Waals surface area (Å²) in [5.41, 5.74) is 0. The molecule has 0 bridgehead atoms. The fraction of sp³-hybridized carbons (Fsp3) is 0.714. The van der Waals surface area contributed by atoms with E-state index in [9.17, 15) is 0 Å². The van der Waals surface area contributed by atoms with E-state index in [4.69, 9.17) is 0 Å². The van der Waals surface area contributed by atoms with E-state index in [1.807, 2.05) is 30.2 Å². The van der Waals surface area contributed by atoms with Gasteiger partial charge >= 0.3 is 0 Å². The first-order valence-electron chi connectivity index (χ1n) is 7.31. The second-order valence-corrected chi connectivity index (χ2v) is 6.71. The molecule has 5 nitrogen and oxygen atoms in total. The molecule has 0 amide bonds. The van der Waals surface area contributed by atoms with Gasteiger partial charge in [0.05, 0.1) is 0 Å². The van der Waals surface area contributed by atoms with Crippen molar-refractivity contribution in [2.45, 2.75) is 31.6 Å². The van der Waals surface area contributed by atoms with Crippen LogP contribution in [0.15, 0.2) is 23.5 Å².